The Kier molecular flexibility index (Phi) is 4.05. The molecule has 130 valence electrons. The van der Waals surface area contributed by atoms with E-state index >= 15 is 0 Å². The van der Waals surface area contributed by atoms with Gasteiger partial charge in [0.05, 0.1) is 22.0 Å². The number of para-hydroxylation sites is 2. The standard InChI is InChI=1S/C17H14N6O2S/c1-11(14-6-7-16(26-14)23(24)25)20-17-18-9-8-15(21-17)22-10-19-12-4-2-3-5-13(12)22/h2-11H,1H3,(H,18,20,21). The second kappa shape index (κ2) is 6.52. The molecule has 0 aliphatic heterocycles. The maximum Gasteiger partial charge on any atom is 0.324 e. The van der Waals surface area contributed by atoms with Crippen LogP contribution in [-0.4, -0.2) is 24.4 Å². The first-order valence-corrected chi connectivity index (χ1v) is 8.69. The largest absolute Gasteiger partial charge is 0.347 e. The summed E-state index contributed by atoms with van der Waals surface area (Å²) in [6, 6.07) is 12.7. The Bertz CT molecular complexity index is 1090. The number of rotatable bonds is 5. The van der Waals surface area contributed by atoms with Crippen LogP contribution in [0.2, 0.25) is 0 Å². The van der Waals surface area contributed by atoms with Crippen LogP contribution in [0.4, 0.5) is 10.9 Å². The van der Waals surface area contributed by atoms with Crippen LogP contribution in [0.1, 0.15) is 17.8 Å². The fraction of sp³-hybridized carbons (Fsp3) is 0.118. The lowest BCUT2D eigenvalue weighted by Gasteiger charge is -2.12. The molecule has 0 saturated heterocycles. The number of hydrogen-bond donors (Lipinski definition) is 1. The van der Waals surface area contributed by atoms with Crippen molar-refractivity contribution in [2.24, 2.45) is 0 Å². The smallest absolute Gasteiger partial charge is 0.324 e. The zero-order valence-electron chi connectivity index (χ0n) is 13.7. The first-order valence-electron chi connectivity index (χ1n) is 7.88. The quantitative estimate of drug-likeness (QED) is 0.424. The lowest BCUT2D eigenvalue weighted by atomic mass is 10.3. The molecule has 0 spiro atoms. The van der Waals surface area contributed by atoms with Crippen LogP contribution in [0.15, 0.2) is 55.0 Å². The van der Waals surface area contributed by atoms with Crippen LogP contribution in [0, 0.1) is 10.1 Å². The van der Waals surface area contributed by atoms with Gasteiger partial charge in [0, 0.05) is 17.1 Å². The third-order valence-corrected chi connectivity index (χ3v) is 5.13. The number of thiophene rings is 1. The molecule has 1 aromatic carbocycles. The van der Waals surface area contributed by atoms with Crippen LogP contribution in [-0.2, 0) is 0 Å². The Hall–Kier alpha value is -3.33. The average molecular weight is 366 g/mol. The first kappa shape index (κ1) is 16.2. The Morgan fingerprint density at radius 3 is 2.85 bits per heavy atom. The van der Waals surface area contributed by atoms with Crippen molar-refractivity contribution >= 4 is 33.3 Å². The predicted molar refractivity (Wildman–Crippen MR) is 99.7 cm³/mol. The van der Waals surface area contributed by atoms with Crippen LogP contribution in [0.25, 0.3) is 16.9 Å². The van der Waals surface area contributed by atoms with Gasteiger partial charge in [-0.15, -0.1) is 0 Å². The third-order valence-electron chi connectivity index (χ3n) is 3.91. The molecule has 0 aliphatic carbocycles. The molecular weight excluding hydrogens is 352 g/mol. The number of nitrogens with zero attached hydrogens (tertiary/aromatic N) is 5. The topological polar surface area (TPSA) is 98.8 Å². The van der Waals surface area contributed by atoms with E-state index in [9.17, 15) is 10.1 Å². The van der Waals surface area contributed by atoms with Crippen LogP contribution in [0.5, 0.6) is 0 Å². The van der Waals surface area contributed by atoms with Gasteiger partial charge in [-0.25, -0.2) is 9.97 Å². The van der Waals surface area contributed by atoms with Gasteiger partial charge in [-0.2, -0.15) is 4.98 Å². The lowest BCUT2D eigenvalue weighted by molar-refractivity contribution is -0.380. The van der Waals surface area contributed by atoms with Crippen molar-refractivity contribution in [3.05, 3.63) is 70.0 Å². The van der Waals surface area contributed by atoms with Gasteiger partial charge < -0.3 is 5.32 Å². The number of fused-ring (bicyclic) bond motifs is 1. The molecule has 0 bridgehead atoms. The summed E-state index contributed by atoms with van der Waals surface area (Å²) >= 11 is 1.14. The molecule has 0 aliphatic rings. The van der Waals surface area contributed by atoms with E-state index in [4.69, 9.17) is 0 Å². The van der Waals surface area contributed by atoms with Gasteiger partial charge in [0.2, 0.25) is 5.95 Å². The zero-order chi connectivity index (χ0) is 18.1. The van der Waals surface area contributed by atoms with E-state index in [1.165, 1.54) is 6.07 Å². The fourth-order valence-electron chi connectivity index (χ4n) is 2.63. The van der Waals surface area contributed by atoms with E-state index in [1.807, 2.05) is 35.8 Å². The van der Waals surface area contributed by atoms with Crippen molar-refractivity contribution in [1.82, 2.24) is 19.5 Å². The molecule has 0 fully saturated rings. The summed E-state index contributed by atoms with van der Waals surface area (Å²) in [4.78, 5) is 24.5. The van der Waals surface area contributed by atoms with Crippen molar-refractivity contribution in [3.63, 3.8) is 0 Å². The van der Waals surface area contributed by atoms with Gasteiger partial charge in [0.15, 0.2) is 0 Å². The molecule has 1 atom stereocenters. The highest BCUT2D eigenvalue weighted by atomic mass is 32.1. The summed E-state index contributed by atoms with van der Waals surface area (Å²) in [6.45, 7) is 1.91. The zero-order valence-corrected chi connectivity index (χ0v) is 14.6. The molecule has 4 rings (SSSR count). The highest BCUT2D eigenvalue weighted by Gasteiger charge is 2.15. The number of nitrogens with one attached hydrogen (secondary N) is 1. The summed E-state index contributed by atoms with van der Waals surface area (Å²) in [5.74, 6) is 1.14. The second-order valence-electron chi connectivity index (χ2n) is 5.64. The van der Waals surface area contributed by atoms with Crippen LogP contribution < -0.4 is 5.32 Å². The molecule has 9 heteroatoms. The van der Waals surface area contributed by atoms with E-state index < -0.39 is 0 Å². The highest BCUT2D eigenvalue weighted by molar-refractivity contribution is 7.15. The second-order valence-corrected chi connectivity index (χ2v) is 6.73. The number of hydrogen-bond acceptors (Lipinski definition) is 7. The number of aromatic nitrogens is 4. The number of nitro groups is 1. The predicted octanol–water partition coefficient (Wildman–Crippen LogP) is 3.96. The monoisotopic (exact) mass is 366 g/mol. The average Bonchev–Trinajstić information content (AvgIpc) is 3.29. The van der Waals surface area contributed by atoms with Gasteiger partial charge in [0.1, 0.15) is 12.1 Å². The minimum atomic E-state index is -0.387. The van der Waals surface area contributed by atoms with E-state index in [-0.39, 0.29) is 16.0 Å². The Labute approximate surface area is 152 Å². The number of imidazole rings is 1. The molecule has 0 amide bonds. The normalized spacial score (nSPS) is 12.2. The molecule has 0 saturated carbocycles. The molecule has 26 heavy (non-hydrogen) atoms. The van der Waals surface area contributed by atoms with E-state index in [1.54, 1.807) is 24.7 Å². The summed E-state index contributed by atoms with van der Waals surface area (Å²) in [5, 5.41) is 14.2. The van der Waals surface area contributed by atoms with Crippen LogP contribution in [0.3, 0.4) is 0 Å². The first-order chi connectivity index (χ1) is 12.6. The minimum Gasteiger partial charge on any atom is -0.347 e. The molecule has 8 nitrogen and oxygen atoms in total. The molecule has 3 heterocycles. The Morgan fingerprint density at radius 1 is 1.19 bits per heavy atom. The maximum absolute atomic E-state index is 10.8. The molecule has 1 unspecified atom stereocenters. The molecular formula is C17H14N6O2S. The van der Waals surface area contributed by atoms with E-state index in [0.717, 1.165) is 27.2 Å². The molecule has 1 N–H and O–H groups in total. The summed E-state index contributed by atoms with van der Waals surface area (Å²) in [6.07, 6.45) is 3.39. The minimum absolute atomic E-state index is 0.119. The van der Waals surface area contributed by atoms with E-state index in [0.29, 0.717) is 11.8 Å². The van der Waals surface area contributed by atoms with Crippen molar-refractivity contribution in [2.75, 3.05) is 5.32 Å². The highest BCUT2D eigenvalue weighted by Crippen LogP contribution is 2.30. The third kappa shape index (κ3) is 3.00. The maximum atomic E-state index is 10.8. The number of anilines is 1. The van der Waals surface area contributed by atoms with Crippen molar-refractivity contribution in [1.29, 1.82) is 0 Å². The van der Waals surface area contributed by atoms with Crippen molar-refractivity contribution in [2.45, 2.75) is 13.0 Å². The molecule has 0 radical (unpaired) electrons. The lowest BCUT2D eigenvalue weighted by Crippen LogP contribution is -2.09. The van der Waals surface area contributed by atoms with Gasteiger partial charge >= 0.3 is 5.00 Å². The summed E-state index contributed by atoms with van der Waals surface area (Å²) in [7, 11) is 0. The summed E-state index contributed by atoms with van der Waals surface area (Å²) in [5.41, 5.74) is 1.85. The van der Waals surface area contributed by atoms with Gasteiger partial charge in [-0.3, -0.25) is 14.7 Å². The fourth-order valence-corrected chi connectivity index (χ4v) is 3.46. The summed E-state index contributed by atoms with van der Waals surface area (Å²) < 4.78 is 1.89. The van der Waals surface area contributed by atoms with Crippen LogP contribution >= 0.6 is 11.3 Å². The Balaban J connectivity index is 1.60. The van der Waals surface area contributed by atoms with Gasteiger partial charge in [0.25, 0.3) is 0 Å². The van der Waals surface area contributed by atoms with Crippen molar-refractivity contribution in [3.8, 4) is 5.82 Å². The van der Waals surface area contributed by atoms with Gasteiger partial charge in [-0.05, 0) is 31.2 Å². The molecule has 4 aromatic rings. The Morgan fingerprint density at radius 2 is 2.04 bits per heavy atom. The van der Waals surface area contributed by atoms with E-state index in [2.05, 4.69) is 20.3 Å². The van der Waals surface area contributed by atoms with Gasteiger partial charge in [-0.1, -0.05) is 23.5 Å². The number of benzene rings is 1. The SMILES string of the molecule is CC(Nc1nccc(-n2cnc3ccccc32)n1)c1ccc([N+](=O)[O-])s1. The molecule has 3 aromatic heterocycles. The van der Waals surface area contributed by atoms with Crippen molar-refractivity contribution < 1.29 is 4.92 Å².